The molecule has 0 heterocycles. The van der Waals surface area contributed by atoms with E-state index in [2.05, 4.69) is 39.6 Å². The Balaban J connectivity index is 4.38. The van der Waals surface area contributed by atoms with E-state index in [1.54, 1.807) is 0 Å². The van der Waals surface area contributed by atoms with E-state index < -0.39 is 0 Å². The fourth-order valence-electron chi connectivity index (χ4n) is 1.58. The van der Waals surface area contributed by atoms with E-state index in [-0.39, 0.29) is 11.9 Å². The second-order valence-electron chi connectivity index (χ2n) is 4.01. The minimum absolute atomic E-state index is 0.0596. The van der Waals surface area contributed by atoms with Gasteiger partial charge in [0, 0.05) is 6.04 Å². The first-order valence-corrected chi connectivity index (χ1v) is 5.49. The van der Waals surface area contributed by atoms with Gasteiger partial charge in [-0.05, 0) is 17.9 Å². The summed E-state index contributed by atoms with van der Waals surface area (Å²) >= 11 is 0. The number of carbonyl (C=O) groups excluding carboxylic acids is 1. The van der Waals surface area contributed by atoms with E-state index in [4.69, 9.17) is 0 Å². The van der Waals surface area contributed by atoms with Crippen molar-refractivity contribution in [3.63, 3.8) is 0 Å². The quantitative estimate of drug-likeness (QED) is 0.652. The minimum atomic E-state index is -0.0596. The third kappa shape index (κ3) is 3.95. The molecule has 0 bridgehead atoms. The zero-order valence-corrected chi connectivity index (χ0v) is 9.84. The van der Waals surface area contributed by atoms with E-state index in [9.17, 15) is 4.79 Å². The van der Waals surface area contributed by atoms with Crippen LogP contribution in [0, 0.1) is 11.8 Å². The van der Waals surface area contributed by atoms with E-state index in [1.807, 2.05) is 0 Å². The van der Waals surface area contributed by atoms with Crippen molar-refractivity contribution in [2.24, 2.45) is 11.8 Å². The third-order valence-corrected chi connectivity index (χ3v) is 3.01. The Morgan fingerprint density at radius 2 is 1.71 bits per heavy atom. The van der Waals surface area contributed by atoms with Crippen LogP contribution in [-0.2, 0) is 4.79 Å². The third-order valence-electron chi connectivity index (χ3n) is 3.01. The van der Waals surface area contributed by atoms with Gasteiger partial charge in [0.25, 0.3) is 0 Å². The molecule has 0 saturated carbocycles. The monoisotopic (exact) mass is 197 g/mol. The average molecular weight is 197 g/mol. The lowest BCUT2D eigenvalue weighted by Gasteiger charge is -2.29. The Bertz CT molecular complexity index is 179. The zero-order chi connectivity index (χ0) is 11.1. The lowest BCUT2D eigenvalue weighted by molar-refractivity contribution is -0.117. The molecule has 0 saturated heterocycles. The fraction of sp³-hybridized carbons (Fsp3) is 0.750. The number of hydrogen-bond acceptors (Lipinski definition) is 1. The van der Waals surface area contributed by atoms with Crippen molar-refractivity contribution in [3.05, 3.63) is 12.7 Å². The second kappa shape index (κ2) is 6.63. The highest BCUT2D eigenvalue weighted by molar-refractivity contribution is 5.87. The molecular weight excluding hydrogens is 174 g/mol. The summed E-state index contributed by atoms with van der Waals surface area (Å²) in [7, 11) is 0. The maximum atomic E-state index is 11.2. The number of hydrogen-bond donors (Lipinski definition) is 1. The molecular formula is C12H23NO. The summed E-state index contributed by atoms with van der Waals surface area (Å²) in [6.07, 6.45) is 3.52. The molecule has 0 rings (SSSR count). The number of carbonyl (C=O) groups is 1. The smallest absolute Gasteiger partial charge is 0.243 e. The van der Waals surface area contributed by atoms with Crippen molar-refractivity contribution in [1.29, 1.82) is 0 Å². The molecule has 2 unspecified atom stereocenters. The van der Waals surface area contributed by atoms with Crippen molar-refractivity contribution in [2.75, 3.05) is 0 Å². The summed E-state index contributed by atoms with van der Waals surface area (Å²) in [4.78, 5) is 11.2. The zero-order valence-electron chi connectivity index (χ0n) is 9.84. The maximum absolute atomic E-state index is 11.2. The van der Waals surface area contributed by atoms with Crippen LogP contribution in [0.5, 0.6) is 0 Å². The summed E-state index contributed by atoms with van der Waals surface area (Å²) in [5.74, 6) is 0.985. The summed E-state index contributed by atoms with van der Waals surface area (Å²) in [6.45, 7) is 12.1. The van der Waals surface area contributed by atoms with Gasteiger partial charge in [-0.1, -0.05) is 47.1 Å². The van der Waals surface area contributed by atoms with Crippen molar-refractivity contribution in [3.8, 4) is 0 Å². The Labute approximate surface area is 87.8 Å². The van der Waals surface area contributed by atoms with Crippen LogP contribution in [0.1, 0.15) is 40.5 Å². The Kier molecular flexibility index (Phi) is 6.26. The van der Waals surface area contributed by atoms with Crippen LogP contribution >= 0.6 is 0 Å². The normalized spacial score (nSPS) is 16.9. The molecule has 82 valence electrons. The van der Waals surface area contributed by atoms with Crippen molar-refractivity contribution >= 4 is 5.91 Å². The van der Waals surface area contributed by atoms with Crippen molar-refractivity contribution < 1.29 is 4.79 Å². The number of rotatable bonds is 6. The molecule has 0 aromatic heterocycles. The second-order valence-corrected chi connectivity index (χ2v) is 4.01. The van der Waals surface area contributed by atoms with Gasteiger partial charge in [-0.2, -0.15) is 0 Å². The van der Waals surface area contributed by atoms with E-state index in [0.29, 0.717) is 11.8 Å². The predicted molar refractivity (Wildman–Crippen MR) is 61.0 cm³/mol. The topological polar surface area (TPSA) is 29.1 Å². The lowest BCUT2D eigenvalue weighted by Crippen LogP contribution is -2.42. The van der Waals surface area contributed by atoms with Crippen molar-refractivity contribution in [2.45, 2.75) is 46.6 Å². The van der Waals surface area contributed by atoms with Crippen LogP contribution in [0.4, 0.5) is 0 Å². The molecule has 1 amide bonds. The molecule has 0 aromatic carbocycles. The van der Waals surface area contributed by atoms with Crippen LogP contribution in [-0.4, -0.2) is 11.9 Å². The van der Waals surface area contributed by atoms with Gasteiger partial charge in [0.05, 0.1) is 0 Å². The van der Waals surface area contributed by atoms with Crippen LogP contribution in [0.25, 0.3) is 0 Å². The average Bonchev–Trinajstić information content (AvgIpc) is 2.23. The standard InChI is InChI=1S/C12H23NO/c1-6-9(4)12(10(5)7-2)13-11(14)8-3/h8-10,12H,3,6-7H2,1-2,4-5H3,(H,13,14). The molecule has 0 spiro atoms. The Hall–Kier alpha value is -0.790. The highest BCUT2D eigenvalue weighted by atomic mass is 16.1. The summed E-state index contributed by atoms with van der Waals surface area (Å²) in [6, 6.07) is 0.274. The largest absolute Gasteiger partial charge is 0.349 e. The SMILES string of the molecule is C=CC(=O)NC(C(C)CC)C(C)CC. The maximum Gasteiger partial charge on any atom is 0.243 e. The highest BCUT2D eigenvalue weighted by Gasteiger charge is 2.22. The molecule has 0 radical (unpaired) electrons. The minimum Gasteiger partial charge on any atom is -0.349 e. The number of amides is 1. The van der Waals surface area contributed by atoms with Gasteiger partial charge in [0.15, 0.2) is 0 Å². The van der Waals surface area contributed by atoms with Gasteiger partial charge in [0.2, 0.25) is 5.91 Å². The molecule has 0 aliphatic carbocycles. The van der Waals surface area contributed by atoms with E-state index >= 15 is 0 Å². The summed E-state index contributed by atoms with van der Waals surface area (Å²) in [5, 5.41) is 3.01. The Morgan fingerprint density at radius 3 is 2.00 bits per heavy atom. The first kappa shape index (κ1) is 13.2. The van der Waals surface area contributed by atoms with E-state index in [1.165, 1.54) is 6.08 Å². The van der Waals surface area contributed by atoms with Crippen LogP contribution in [0.15, 0.2) is 12.7 Å². The van der Waals surface area contributed by atoms with Crippen molar-refractivity contribution in [1.82, 2.24) is 5.32 Å². The fourth-order valence-corrected chi connectivity index (χ4v) is 1.58. The molecule has 14 heavy (non-hydrogen) atoms. The van der Waals surface area contributed by atoms with E-state index in [0.717, 1.165) is 12.8 Å². The van der Waals surface area contributed by atoms with Gasteiger partial charge in [-0.25, -0.2) is 0 Å². The first-order valence-electron chi connectivity index (χ1n) is 5.49. The molecule has 2 heteroatoms. The Morgan fingerprint density at radius 1 is 1.29 bits per heavy atom. The van der Waals surface area contributed by atoms with Gasteiger partial charge in [-0.3, -0.25) is 4.79 Å². The highest BCUT2D eigenvalue weighted by Crippen LogP contribution is 2.18. The molecule has 2 nitrogen and oxygen atoms in total. The van der Waals surface area contributed by atoms with Gasteiger partial charge >= 0.3 is 0 Å². The molecule has 1 N–H and O–H groups in total. The molecule has 0 aliphatic rings. The summed E-state index contributed by atoms with van der Waals surface area (Å²) < 4.78 is 0. The predicted octanol–water partition coefficient (Wildman–Crippen LogP) is 2.75. The first-order chi connectivity index (χ1) is 6.56. The molecule has 0 fully saturated rings. The van der Waals surface area contributed by atoms with Crippen LogP contribution in [0.3, 0.4) is 0 Å². The van der Waals surface area contributed by atoms with Gasteiger partial charge in [-0.15, -0.1) is 0 Å². The van der Waals surface area contributed by atoms with Gasteiger partial charge < -0.3 is 5.32 Å². The molecule has 0 aromatic rings. The summed E-state index contributed by atoms with van der Waals surface area (Å²) in [5.41, 5.74) is 0. The lowest BCUT2D eigenvalue weighted by atomic mass is 9.87. The van der Waals surface area contributed by atoms with Crippen LogP contribution < -0.4 is 5.32 Å². The molecule has 2 atom stereocenters. The van der Waals surface area contributed by atoms with Gasteiger partial charge in [0.1, 0.15) is 0 Å². The van der Waals surface area contributed by atoms with Crippen LogP contribution in [0.2, 0.25) is 0 Å². The molecule has 0 aliphatic heterocycles. The number of nitrogens with one attached hydrogen (secondary N) is 1.